The first kappa shape index (κ1) is 32.4. The molecular formula is C58H35N. The van der Waals surface area contributed by atoms with E-state index in [1.165, 1.54) is 119 Å². The van der Waals surface area contributed by atoms with Crippen LogP contribution in [0.1, 0.15) is 0 Å². The minimum atomic E-state index is 1.16. The van der Waals surface area contributed by atoms with Crippen molar-refractivity contribution < 1.29 is 0 Å². The number of benzene rings is 12. The summed E-state index contributed by atoms with van der Waals surface area (Å²) in [4.78, 5) is 0. The van der Waals surface area contributed by atoms with Crippen molar-refractivity contribution in [1.82, 2.24) is 4.57 Å². The van der Waals surface area contributed by atoms with Gasteiger partial charge in [-0.25, -0.2) is 0 Å². The summed E-state index contributed by atoms with van der Waals surface area (Å²) in [6.45, 7) is 0. The molecule has 13 rings (SSSR count). The van der Waals surface area contributed by atoms with E-state index >= 15 is 0 Å². The number of rotatable bonds is 3. The summed E-state index contributed by atoms with van der Waals surface area (Å²) in [5, 5.41) is 20.4. The fraction of sp³-hybridized carbons (Fsp3) is 0. The fourth-order valence-corrected chi connectivity index (χ4v) is 10.5. The Balaban J connectivity index is 1.17. The van der Waals surface area contributed by atoms with Crippen molar-refractivity contribution in [2.75, 3.05) is 0 Å². The molecule has 59 heavy (non-hydrogen) atoms. The molecule has 0 N–H and O–H groups in total. The Kier molecular flexibility index (Phi) is 6.79. The average molecular weight is 746 g/mol. The topological polar surface area (TPSA) is 4.93 Å². The zero-order valence-electron chi connectivity index (χ0n) is 32.2. The Morgan fingerprint density at radius 2 is 0.644 bits per heavy atom. The van der Waals surface area contributed by atoms with Gasteiger partial charge in [0.2, 0.25) is 0 Å². The van der Waals surface area contributed by atoms with Crippen molar-refractivity contribution in [3.8, 4) is 27.9 Å². The Bertz CT molecular complexity index is 3820. The SMILES string of the molecule is c1ccc(-c2c3ccccc3c(-c3ccc4c(c3)c3ccccc3c3cc5c6c7ccccc7c7ccccc7c6n(-c6ccccc6)c5cc43)c3ccccc23)cc1. The van der Waals surface area contributed by atoms with Crippen LogP contribution >= 0.6 is 0 Å². The highest BCUT2D eigenvalue weighted by Crippen LogP contribution is 2.48. The van der Waals surface area contributed by atoms with Crippen molar-refractivity contribution in [3.63, 3.8) is 0 Å². The number of aromatic nitrogens is 1. The molecule has 12 aromatic carbocycles. The number of hydrogen-bond acceptors (Lipinski definition) is 0. The lowest BCUT2D eigenvalue weighted by Gasteiger charge is -2.18. The lowest BCUT2D eigenvalue weighted by molar-refractivity contribution is 1.19. The summed E-state index contributed by atoms with van der Waals surface area (Å²) in [7, 11) is 0. The summed E-state index contributed by atoms with van der Waals surface area (Å²) in [6.07, 6.45) is 0. The summed E-state index contributed by atoms with van der Waals surface area (Å²) < 4.78 is 2.51. The van der Waals surface area contributed by atoms with Crippen molar-refractivity contribution >= 4 is 97.2 Å². The van der Waals surface area contributed by atoms with E-state index in [0.717, 1.165) is 5.69 Å². The van der Waals surface area contributed by atoms with Gasteiger partial charge in [0.1, 0.15) is 0 Å². The van der Waals surface area contributed by atoms with Gasteiger partial charge in [-0.15, -0.1) is 0 Å². The van der Waals surface area contributed by atoms with Crippen LogP contribution in [-0.2, 0) is 0 Å². The zero-order valence-corrected chi connectivity index (χ0v) is 32.2. The molecular weight excluding hydrogens is 711 g/mol. The van der Waals surface area contributed by atoms with Crippen LogP contribution in [0.25, 0.3) is 125 Å². The minimum absolute atomic E-state index is 1.16. The highest BCUT2D eigenvalue weighted by molar-refractivity contribution is 6.35. The monoisotopic (exact) mass is 745 g/mol. The maximum Gasteiger partial charge on any atom is 0.0625 e. The maximum absolute atomic E-state index is 2.51. The van der Waals surface area contributed by atoms with Crippen LogP contribution in [0.3, 0.4) is 0 Å². The van der Waals surface area contributed by atoms with Gasteiger partial charge in [0.05, 0.1) is 11.0 Å². The third-order valence-electron chi connectivity index (χ3n) is 12.9. The normalized spacial score (nSPS) is 12.1. The number of nitrogens with zero attached hydrogens (tertiary/aromatic N) is 1. The van der Waals surface area contributed by atoms with Crippen LogP contribution < -0.4 is 0 Å². The lowest BCUT2D eigenvalue weighted by Crippen LogP contribution is -1.95. The van der Waals surface area contributed by atoms with Crippen LogP contribution in [-0.4, -0.2) is 4.57 Å². The first-order chi connectivity index (χ1) is 29.3. The Hall–Kier alpha value is -7.74. The van der Waals surface area contributed by atoms with Crippen LogP contribution in [0.5, 0.6) is 0 Å². The molecule has 0 spiro atoms. The van der Waals surface area contributed by atoms with E-state index in [9.17, 15) is 0 Å². The van der Waals surface area contributed by atoms with Crippen LogP contribution in [0.2, 0.25) is 0 Å². The molecule has 272 valence electrons. The van der Waals surface area contributed by atoms with Crippen molar-refractivity contribution in [3.05, 3.63) is 212 Å². The molecule has 0 aliphatic carbocycles. The molecule has 1 nitrogen and oxygen atoms in total. The van der Waals surface area contributed by atoms with E-state index in [1.807, 2.05) is 0 Å². The molecule has 0 amide bonds. The highest BCUT2D eigenvalue weighted by atomic mass is 15.0. The predicted molar refractivity (Wildman–Crippen MR) is 254 cm³/mol. The second-order valence-corrected chi connectivity index (χ2v) is 15.9. The quantitative estimate of drug-likeness (QED) is 0.125. The first-order valence-electron chi connectivity index (χ1n) is 20.5. The van der Waals surface area contributed by atoms with Crippen LogP contribution in [0.4, 0.5) is 0 Å². The third-order valence-corrected chi connectivity index (χ3v) is 12.9. The van der Waals surface area contributed by atoms with Crippen LogP contribution in [0.15, 0.2) is 212 Å². The molecule has 13 aromatic rings. The van der Waals surface area contributed by atoms with Gasteiger partial charge in [0.25, 0.3) is 0 Å². The molecule has 0 saturated carbocycles. The van der Waals surface area contributed by atoms with Crippen molar-refractivity contribution in [2.45, 2.75) is 0 Å². The highest BCUT2D eigenvalue weighted by Gasteiger charge is 2.22. The largest absolute Gasteiger partial charge is 0.309 e. The second kappa shape index (κ2) is 12.4. The summed E-state index contributed by atoms with van der Waals surface area (Å²) in [5.41, 5.74) is 8.67. The average Bonchev–Trinajstić information content (AvgIpc) is 3.65. The smallest absolute Gasteiger partial charge is 0.0625 e. The van der Waals surface area contributed by atoms with E-state index in [2.05, 4.69) is 217 Å². The molecule has 0 radical (unpaired) electrons. The van der Waals surface area contributed by atoms with Crippen molar-refractivity contribution in [1.29, 1.82) is 0 Å². The predicted octanol–water partition coefficient (Wildman–Crippen LogP) is 16.2. The van der Waals surface area contributed by atoms with Gasteiger partial charge in [0, 0.05) is 21.8 Å². The lowest BCUT2D eigenvalue weighted by atomic mass is 9.85. The molecule has 0 aliphatic heterocycles. The standard InChI is InChI=1S/C58H35N/c1-3-17-36(18-4-1)55-45-26-12-14-28-47(45)56(48-29-15-13-27-46(48)55)37-31-32-43-50(33-37)41-23-7-8-24-42(41)51-34-53-54(35-52(43)51)59(38-19-5-2-6-20-38)58-49-30-16-10-22-40(49)39-21-9-11-25-44(39)57(53)58/h1-35H. The molecule has 0 unspecified atom stereocenters. The number of para-hydroxylation sites is 1. The van der Waals surface area contributed by atoms with E-state index in [-0.39, 0.29) is 0 Å². The third kappa shape index (κ3) is 4.56. The summed E-state index contributed by atoms with van der Waals surface area (Å²) in [6, 6.07) is 78.8. The van der Waals surface area contributed by atoms with Gasteiger partial charge < -0.3 is 4.57 Å². The molecule has 1 heteroatoms. The minimum Gasteiger partial charge on any atom is -0.309 e. The summed E-state index contributed by atoms with van der Waals surface area (Å²) >= 11 is 0. The van der Waals surface area contributed by atoms with Gasteiger partial charge in [-0.1, -0.05) is 182 Å². The molecule has 0 saturated heterocycles. The zero-order chi connectivity index (χ0) is 38.6. The van der Waals surface area contributed by atoms with Crippen LogP contribution in [0, 0.1) is 0 Å². The van der Waals surface area contributed by atoms with Crippen molar-refractivity contribution in [2.24, 2.45) is 0 Å². The Morgan fingerprint density at radius 1 is 0.237 bits per heavy atom. The number of hydrogen-bond donors (Lipinski definition) is 0. The van der Waals surface area contributed by atoms with Gasteiger partial charge in [-0.05, 0) is 123 Å². The van der Waals surface area contributed by atoms with E-state index in [1.54, 1.807) is 0 Å². The first-order valence-corrected chi connectivity index (χ1v) is 20.5. The van der Waals surface area contributed by atoms with Gasteiger partial charge in [0.15, 0.2) is 0 Å². The maximum atomic E-state index is 2.51. The van der Waals surface area contributed by atoms with E-state index < -0.39 is 0 Å². The van der Waals surface area contributed by atoms with Gasteiger partial charge in [-0.2, -0.15) is 0 Å². The molecule has 0 aliphatic rings. The molecule has 0 bridgehead atoms. The molecule has 0 fully saturated rings. The van der Waals surface area contributed by atoms with E-state index in [4.69, 9.17) is 0 Å². The number of fused-ring (bicyclic) bond motifs is 16. The Labute approximate surface area is 340 Å². The summed E-state index contributed by atoms with van der Waals surface area (Å²) in [5.74, 6) is 0. The molecule has 0 atom stereocenters. The molecule has 1 heterocycles. The Morgan fingerprint density at radius 3 is 1.24 bits per heavy atom. The van der Waals surface area contributed by atoms with Gasteiger partial charge in [-0.3, -0.25) is 0 Å². The van der Waals surface area contributed by atoms with E-state index in [0.29, 0.717) is 0 Å². The second-order valence-electron chi connectivity index (χ2n) is 15.9. The molecule has 1 aromatic heterocycles. The van der Waals surface area contributed by atoms with Gasteiger partial charge >= 0.3 is 0 Å². The fourth-order valence-electron chi connectivity index (χ4n) is 10.5.